The number of carboxylic acids is 1. The summed E-state index contributed by atoms with van der Waals surface area (Å²) in [6.07, 6.45) is 2.19. The summed E-state index contributed by atoms with van der Waals surface area (Å²) in [5, 5.41) is 11.2. The topological polar surface area (TPSA) is 122 Å². The first-order valence-corrected chi connectivity index (χ1v) is 11.2. The Bertz CT molecular complexity index is 1140. The second kappa shape index (κ2) is 10.5. The van der Waals surface area contributed by atoms with E-state index in [1.165, 1.54) is 30.3 Å². The van der Waals surface area contributed by atoms with E-state index >= 15 is 0 Å². The Hall–Kier alpha value is -3.41. The van der Waals surface area contributed by atoms with Crippen molar-refractivity contribution >= 4 is 58.2 Å². The molecule has 1 aliphatic heterocycles. The molecule has 1 saturated heterocycles. The molecule has 1 heterocycles. The van der Waals surface area contributed by atoms with Crippen LogP contribution in [0.2, 0.25) is 0 Å². The van der Waals surface area contributed by atoms with Crippen LogP contribution in [0.1, 0.15) is 36.2 Å². The van der Waals surface area contributed by atoms with Gasteiger partial charge < -0.3 is 14.6 Å². The first-order chi connectivity index (χ1) is 15.8. The molecule has 0 atom stereocenters. The summed E-state index contributed by atoms with van der Waals surface area (Å²) in [6.45, 7) is 4.72. The number of aromatic carboxylic acids is 1. The van der Waals surface area contributed by atoms with Gasteiger partial charge in [0.15, 0.2) is 11.5 Å². The summed E-state index contributed by atoms with van der Waals surface area (Å²) in [6, 6.07) is 7.66. The van der Waals surface area contributed by atoms with Crippen molar-refractivity contribution in [1.82, 2.24) is 5.32 Å². The predicted molar refractivity (Wildman–Crippen MR) is 129 cm³/mol. The number of ether oxygens (including phenoxy) is 2. The van der Waals surface area contributed by atoms with Crippen molar-refractivity contribution in [3.05, 3.63) is 56.7 Å². The fourth-order valence-corrected chi connectivity index (χ4v) is 3.87. The molecule has 2 N–H and O–H groups in total. The molecule has 10 heteroatoms. The van der Waals surface area contributed by atoms with Crippen LogP contribution in [0.3, 0.4) is 0 Å². The summed E-state index contributed by atoms with van der Waals surface area (Å²) in [7, 11) is 0. The first kappa shape index (κ1) is 24.2. The minimum absolute atomic E-state index is 0.00105. The molecule has 33 heavy (non-hydrogen) atoms. The van der Waals surface area contributed by atoms with Crippen LogP contribution in [-0.4, -0.2) is 42.1 Å². The quantitative estimate of drug-likeness (QED) is 0.284. The van der Waals surface area contributed by atoms with Gasteiger partial charge in [0.2, 0.25) is 0 Å². The van der Waals surface area contributed by atoms with Crippen LogP contribution in [0.15, 0.2) is 42.0 Å². The highest BCUT2D eigenvalue weighted by Crippen LogP contribution is 2.35. The number of hydrogen-bond donors (Lipinski definition) is 2. The number of halogens is 1. The van der Waals surface area contributed by atoms with E-state index in [0.717, 1.165) is 14.9 Å². The normalized spacial score (nSPS) is 14.9. The number of nitrogens with zero attached hydrogens (tertiary/aromatic N) is 1. The van der Waals surface area contributed by atoms with Crippen molar-refractivity contribution in [2.75, 3.05) is 18.1 Å². The summed E-state index contributed by atoms with van der Waals surface area (Å²) < 4.78 is 12.2. The number of carbonyl (C=O) groups is 4. The summed E-state index contributed by atoms with van der Waals surface area (Å²) in [5.41, 5.74) is 0.394. The number of carboxylic acid groups (broad SMARTS) is 1. The molecule has 4 amide bonds. The van der Waals surface area contributed by atoms with Gasteiger partial charge in [-0.15, -0.1) is 0 Å². The third-order valence-electron chi connectivity index (χ3n) is 4.57. The average Bonchev–Trinajstić information content (AvgIpc) is 2.76. The molecule has 3 rings (SSSR count). The SMILES string of the molecule is CCCOc1c(I)cc(/C=C2\C(=O)NC(=O)N(c3ccc(C(=O)O)cc3)C2=O)cc1OCC. The number of hydrogen-bond acceptors (Lipinski definition) is 6. The molecule has 2 aromatic carbocycles. The lowest BCUT2D eigenvalue weighted by Gasteiger charge is -2.26. The van der Waals surface area contributed by atoms with Gasteiger partial charge in [-0.05, 0) is 84.0 Å². The molecular formula is C23H21IN2O7. The van der Waals surface area contributed by atoms with Crippen molar-refractivity contribution in [2.24, 2.45) is 0 Å². The van der Waals surface area contributed by atoms with Crippen molar-refractivity contribution in [3.63, 3.8) is 0 Å². The maximum absolute atomic E-state index is 13.1. The molecule has 0 saturated carbocycles. The van der Waals surface area contributed by atoms with E-state index in [2.05, 4.69) is 27.9 Å². The van der Waals surface area contributed by atoms with Gasteiger partial charge in [-0.3, -0.25) is 14.9 Å². The number of barbiturate groups is 1. The molecule has 0 aromatic heterocycles. The van der Waals surface area contributed by atoms with Crippen LogP contribution in [0.4, 0.5) is 10.5 Å². The number of carbonyl (C=O) groups excluding carboxylic acids is 3. The molecular weight excluding hydrogens is 543 g/mol. The maximum Gasteiger partial charge on any atom is 0.335 e. The lowest BCUT2D eigenvalue weighted by atomic mass is 10.1. The highest BCUT2D eigenvalue weighted by atomic mass is 127. The van der Waals surface area contributed by atoms with E-state index in [-0.39, 0.29) is 16.8 Å². The highest BCUT2D eigenvalue weighted by Gasteiger charge is 2.37. The number of imide groups is 2. The molecule has 0 radical (unpaired) electrons. The maximum atomic E-state index is 13.1. The third-order valence-corrected chi connectivity index (χ3v) is 5.37. The fraction of sp³-hybridized carbons (Fsp3) is 0.217. The Morgan fingerprint density at radius 2 is 1.82 bits per heavy atom. The van der Waals surface area contributed by atoms with Gasteiger partial charge in [0, 0.05) is 0 Å². The molecule has 9 nitrogen and oxygen atoms in total. The molecule has 0 bridgehead atoms. The Morgan fingerprint density at radius 3 is 2.42 bits per heavy atom. The fourth-order valence-electron chi connectivity index (χ4n) is 3.09. The minimum atomic E-state index is -1.14. The highest BCUT2D eigenvalue weighted by molar-refractivity contribution is 14.1. The zero-order valence-corrected chi connectivity index (χ0v) is 20.0. The van der Waals surface area contributed by atoms with Gasteiger partial charge in [0.1, 0.15) is 5.57 Å². The van der Waals surface area contributed by atoms with Crippen LogP contribution in [0.25, 0.3) is 6.08 Å². The number of anilines is 1. The zero-order chi connectivity index (χ0) is 24.1. The second-order valence-corrected chi connectivity index (χ2v) is 8.08. The van der Waals surface area contributed by atoms with E-state index in [9.17, 15) is 19.2 Å². The van der Waals surface area contributed by atoms with Crippen molar-refractivity contribution < 1.29 is 33.8 Å². The van der Waals surface area contributed by atoms with E-state index in [0.29, 0.717) is 30.3 Å². The number of rotatable bonds is 8. The van der Waals surface area contributed by atoms with Crippen LogP contribution in [0, 0.1) is 3.57 Å². The Morgan fingerprint density at radius 1 is 1.12 bits per heavy atom. The number of benzene rings is 2. The summed E-state index contributed by atoms with van der Waals surface area (Å²) >= 11 is 2.09. The molecule has 0 unspecified atom stereocenters. The van der Waals surface area contributed by atoms with Crippen LogP contribution >= 0.6 is 22.6 Å². The summed E-state index contributed by atoms with van der Waals surface area (Å²) in [4.78, 5) is 49.7. The lowest BCUT2D eigenvalue weighted by molar-refractivity contribution is -0.122. The monoisotopic (exact) mass is 564 g/mol. The van der Waals surface area contributed by atoms with Gasteiger partial charge in [0.25, 0.3) is 11.8 Å². The summed E-state index contributed by atoms with van der Waals surface area (Å²) in [5.74, 6) is -1.74. The zero-order valence-electron chi connectivity index (χ0n) is 17.9. The molecule has 2 aromatic rings. The van der Waals surface area contributed by atoms with E-state index in [1.54, 1.807) is 12.1 Å². The largest absolute Gasteiger partial charge is 0.490 e. The number of urea groups is 1. The number of nitrogens with one attached hydrogen (secondary N) is 1. The van der Waals surface area contributed by atoms with Gasteiger partial charge in [-0.2, -0.15) is 0 Å². The van der Waals surface area contributed by atoms with Gasteiger partial charge >= 0.3 is 12.0 Å². The van der Waals surface area contributed by atoms with Crippen molar-refractivity contribution in [2.45, 2.75) is 20.3 Å². The standard InChI is InChI=1S/C23H21IN2O7/c1-3-9-33-19-17(24)11-13(12-18(19)32-4-2)10-16-20(27)25-23(31)26(21(16)28)15-7-5-14(6-8-15)22(29)30/h5-8,10-12H,3-4,9H2,1-2H3,(H,29,30)(H,25,27,31)/b16-10+. The van der Waals surface area contributed by atoms with Gasteiger partial charge in [0.05, 0.1) is 28.0 Å². The van der Waals surface area contributed by atoms with Crippen molar-refractivity contribution in [1.29, 1.82) is 0 Å². The van der Waals surface area contributed by atoms with E-state index < -0.39 is 23.8 Å². The Labute approximate surface area is 203 Å². The minimum Gasteiger partial charge on any atom is -0.490 e. The second-order valence-electron chi connectivity index (χ2n) is 6.92. The van der Waals surface area contributed by atoms with Crippen LogP contribution in [0.5, 0.6) is 11.5 Å². The Balaban J connectivity index is 1.99. The first-order valence-electron chi connectivity index (χ1n) is 10.1. The molecule has 0 spiro atoms. The van der Waals surface area contributed by atoms with Crippen LogP contribution in [-0.2, 0) is 9.59 Å². The molecule has 0 aliphatic carbocycles. The van der Waals surface area contributed by atoms with Crippen molar-refractivity contribution in [3.8, 4) is 11.5 Å². The van der Waals surface area contributed by atoms with Gasteiger partial charge in [-0.25, -0.2) is 14.5 Å². The Kier molecular flexibility index (Phi) is 7.69. The molecule has 1 aliphatic rings. The van der Waals surface area contributed by atoms with Gasteiger partial charge in [-0.1, -0.05) is 6.92 Å². The third kappa shape index (κ3) is 5.33. The predicted octanol–water partition coefficient (Wildman–Crippen LogP) is 3.84. The molecule has 1 fully saturated rings. The number of amides is 4. The smallest absolute Gasteiger partial charge is 0.335 e. The lowest BCUT2D eigenvalue weighted by Crippen LogP contribution is -2.54. The molecule has 172 valence electrons. The van der Waals surface area contributed by atoms with E-state index in [1.807, 2.05) is 13.8 Å². The average molecular weight is 564 g/mol. The van der Waals surface area contributed by atoms with Crippen LogP contribution < -0.4 is 19.7 Å². The van der Waals surface area contributed by atoms with E-state index in [4.69, 9.17) is 14.6 Å².